The normalized spacial score (nSPS) is 18.5. The van der Waals surface area contributed by atoms with Crippen molar-refractivity contribution in [3.8, 4) is 6.07 Å². The predicted octanol–water partition coefficient (Wildman–Crippen LogP) is 4.09. The van der Waals surface area contributed by atoms with E-state index in [9.17, 15) is 18.0 Å². The van der Waals surface area contributed by atoms with E-state index < -0.39 is 28.7 Å². The molecular weight excluding hydrogens is 351 g/mol. The van der Waals surface area contributed by atoms with E-state index in [2.05, 4.69) is 0 Å². The molecule has 0 aliphatic carbocycles. The zero-order valence-corrected chi connectivity index (χ0v) is 15.1. The van der Waals surface area contributed by atoms with Gasteiger partial charge in [0.15, 0.2) is 5.11 Å². The average molecular weight is 369 g/mol. The lowest BCUT2D eigenvalue weighted by molar-refractivity contribution is -0.137. The topological polar surface area (TPSA) is 47.3 Å². The van der Waals surface area contributed by atoms with Gasteiger partial charge in [-0.25, -0.2) is 0 Å². The number of alkyl halides is 3. The summed E-state index contributed by atoms with van der Waals surface area (Å²) in [5.74, 6) is -0.393. The molecule has 1 atom stereocenters. The zero-order chi connectivity index (χ0) is 19.2. The highest BCUT2D eigenvalue weighted by molar-refractivity contribution is 7.80. The zero-order valence-electron chi connectivity index (χ0n) is 14.3. The maximum atomic E-state index is 13.2. The minimum atomic E-state index is -4.70. The van der Waals surface area contributed by atoms with Crippen LogP contribution in [-0.2, 0) is 11.0 Å². The van der Waals surface area contributed by atoms with Crippen LogP contribution in [0.5, 0.6) is 0 Å². The van der Waals surface area contributed by atoms with Crippen LogP contribution in [0.4, 0.5) is 18.9 Å². The maximum absolute atomic E-state index is 13.2. The summed E-state index contributed by atoms with van der Waals surface area (Å²) in [6, 6.07) is 4.66. The number of carbonyl (C=O) groups is 1. The Morgan fingerprint density at radius 3 is 2.44 bits per heavy atom. The molecule has 0 N–H and O–H groups in total. The van der Waals surface area contributed by atoms with Crippen LogP contribution in [0, 0.1) is 11.3 Å². The summed E-state index contributed by atoms with van der Waals surface area (Å²) in [5, 5.41) is 9.08. The van der Waals surface area contributed by atoms with Crippen LogP contribution in [0.3, 0.4) is 0 Å². The second-order valence-electron chi connectivity index (χ2n) is 6.45. The summed E-state index contributed by atoms with van der Waals surface area (Å²) in [6.45, 7) is 7.24. The van der Waals surface area contributed by atoms with Gasteiger partial charge in [0.05, 0.1) is 22.9 Å². The molecular formula is C17H18F3N3OS. The summed E-state index contributed by atoms with van der Waals surface area (Å²) in [4.78, 5) is 15.7. The molecule has 1 amide bonds. The smallest absolute Gasteiger partial charge is 0.332 e. The lowest BCUT2D eigenvalue weighted by Crippen LogP contribution is -2.48. The number of nitrogens with zero attached hydrogens (tertiary/aromatic N) is 3. The summed E-state index contributed by atoms with van der Waals surface area (Å²) in [6.07, 6.45) is -3.97. The number of carbonyl (C=O) groups excluding carboxylic acids is 1. The van der Waals surface area contributed by atoms with Gasteiger partial charge in [0, 0.05) is 6.04 Å². The van der Waals surface area contributed by atoms with Gasteiger partial charge in [-0.1, -0.05) is 6.92 Å². The molecule has 1 fully saturated rings. The largest absolute Gasteiger partial charge is 0.417 e. The number of hydrogen-bond acceptors (Lipinski definition) is 3. The number of benzene rings is 1. The van der Waals surface area contributed by atoms with E-state index >= 15 is 0 Å². The summed E-state index contributed by atoms with van der Waals surface area (Å²) in [5.41, 5.74) is -2.52. The van der Waals surface area contributed by atoms with Crippen molar-refractivity contribution in [2.24, 2.45) is 0 Å². The second-order valence-corrected chi connectivity index (χ2v) is 6.81. The third-order valence-electron chi connectivity index (χ3n) is 4.44. The lowest BCUT2D eigenvalue weighted by atomic mass is 10.0. The van der Waals surface area contributed by atoms with Gasteiger partial charge in [0.1, 0.15) is 5.54 Å². The van der Waals surface area contributed by atoms with Gasteiger partial charge in [0.25, 0.3) is 5.91 Å². The summed E-state index contributed by atoms with van der Waals surface area (Å²) in [7, 11) is 0. The van der Waals surface area contributed by atoms with E-state index in [1.807, 2.05) is 13.8 Å². The highest BCUT2D eigenvalue weighted by atomic mass is 32.1. The molecule has 1 saturated heterocycles. The Kier molecular flexibility index (Phi) is 4.83. The quantitative estimate of drug-likeness (QED) is 0.753. The molecule has 134 valence electrons. The first-order chi connectivity index (χ1) is 11.5. The van der Waals surface area contributed by atoms with Crippen LogP contribution in [0.15, 0.2) is 18.2 Å². The minimum Gasteiger partial charge on any atom is -0.332 e. The first-order valence-electron chi connectivity index (χ1n) is 7.76. The van der Waals surface area contributed by atoms with E-state index in [1.54, 1.807) is 18.7 Å². The number of hydrogen-bond donors (Lipinski definition) is 0. The van der Waals surface area contributed by atoms with E-state index in [0.29, 0.717) is 0 Å². The Hall–Kier alpha value is -2.14. The number of anilines is 1. The number of amides is 1. The Labute approximate surface area is 149 Å². The molecule has 0 radical (unpaired) electrons. The van der Waals surface area contributed by atoms with Crippen molar-refractivity contribution in [3.63, 3.8) is 0 Å². The van der Waals surface area contributed by atoms with E-state index in [1.165, 1.54) is 12.1 Å². The van der Waals surface area contributed by atoms with Crippen LogP contribution in [0.1, 0.15) is 45.2 Å². The fourth-order valence-corrected chi connectivity index (χ4v) is 3.56. The molecule has 0 bridgehead atoms. The summed E-state index contributed by atoms with van der Waals surface area (Å²) >= 11 is 5.40. The van der Waals surface area contributed by atoms with Crippen molar-refractivity contribution in [1.29, 1.82) is 5.26 Å². The molecule has 1 aliphatic rings. The molecule has 2 rings (SSSR count). The number of halogens is 3. The highest BCUT2D eigenvalue weighted by Crippen LogP contribution is 2.38. The van der Waals surface area contributed by atoms with Gasteiger partial charge >= 0.3 is 6.18 Å². The van der Waals surface area contributed by atoms with Crippen molar-refractivity contribution < 1.29 is 18.0 Å². The standard InChI is InChI=1S/C17H18F3N3OS/c1-5-10(2)23-15(25)22(14(24)16(23,3)4)12-7-6-11(9-21)13(8-12)17(18,19)20/h6-8,10H,5H2,1-4H3. The maximum Gasteiger partial charge on any atom is 0.417 e. The molecule has 1 heterocycles. The van der Waals surface area contributed by atoms with E-state index in [4.69, 9.17) is 17.5 Å². The number of thiocarbonyl (C=S) groups is 1. The average Bonchev–Trinajstić information content (AvgIpc) is 2.70. The molecule has 0 spiro atoms. The van der Waals surface area contributed by atoms with Crippen LogP contribution >= 0.6 is 12.2 Å². The Balaban J connectivity index is 2.58. The Bertz CT molecular complexity index is 767. The predicted molar refractivity (Wildman–Crippen MR) is 91.9 cm³/mol. The molecule has 25 heavy (non-hydrogen) atoms. The molecule has 8 heteroatoms. The summed E-state index contributed by atoms with van der Waals surface area (Å²) < 4.78 is 39.6. The molecule has 1 aromatic rings. The van der Waals surface area contributed by atoms with Crippen molar-refractivity contribution in [2.75, 3.05) is 4.90 Å². The van der Waals surface area contributed by atoms with Gasteiger partial charge in [-0.05, 0) is 57.6 Å². The number of nitriles is 1. The molecule has 0 aromatic heterocycles. The van der Waals surface area contributed by atoms with Gasteiger partial charge in [0.2, 0.25) is 0 Å². The van der Waals surface area contributed by atoms with Gasteiger partial charge in [-0.2, -0.15) is 18.4 Å². The fourth-order valence-electron chi connectivity index (χ4n) is 2.96. The highest BCUT2D eigenvalue weighted by Gasteiger charge is 2.51. The molecule has 1 unspecified atom stereocenters. The fraction of sp³-hybridized carbons (Fsp3) is 0.471. The van der Waals surface area contributed by atoms with E-state index in [0.717, 1.165) is 23.5 Å². The van der Waals surface area contributed by atoms with Crippen LogP contribution in [0.2, 0.25) is 0 Å². The van der Waals surface area contributed by atoms with Gasteiger partial charge in [-0.3, -0.25) is 9.69 Å². The van der Waals surface area contributed by atoms with Gasteiger partial charge in [-0.15, -0.1) is 0 Å². The van der Waals surface area contributed by atoms with Crippen molar-refractivity contribution in [1.82, 2.24) is 4.90 Å². The third-order valence-corrected chi connectivity index (χ3v) is 4.82. The van der Waals surface area contributed by atoms with Crippen molar-refractivity contribution in [3.05, 3.63) is 29.3 Å². The van der Waals surface area contributed by atoms with Crippen LogP contribution < -0.4 is 4.90 Å². The van der Waals surface area contributed by atoms with Crippen LogP contribution in [0.25, 0.3) is 0 Å². The molecule has 4 nitrogen and oxygen atoms in total. The van der Waals surface area contributed by atoms with Gasteiger partial charge < -0.3 is 4.90 Å². The monoisotopic (exact) mass is 369 g/mol. The van der Waals surface area contributed by atoms with Crippen molar-refractivity contribution >= 4 is 28.9 Å². The third kappa shape index (κ3) is 3.09. The van der Waals surface area contributed by atoms with E-state index in [-0.39, 0.29) is 16.8 Å². The number of rotatable bonds is 3. The SMILES string of the molecule is CCC(C)N1C(=S)N(c2ccc(C#N)c(C(F)(F)F)c2)C(=O)C1(C)C. The van der Waals surface area contributed by atoms with Crippen molar-refractivity contribution in [2.45, 2.75) is 51.9 Å². The lowest BCUT2D eigenvalue weighted by Gasteiger charge is -2.34. The minimum absolute atomic E-state index is 0.0141. The van der Waals surface area contributed by atoms with Crippen LogP contribution in [-0.4, -0.2) is 27.5 Å². The molecule has 1 aliphatic heterocycles. The first-order valence-corrected chi connectivity index (χ1v) is 8.16. The Morgan fingerprint density at radius 1 is 1.36 bits per heavy atom. The molecule has 1 aromatic carbocycles. The molecule has 0 saturated carbocycles. The second kappa shape index (κ2) is 6.30. The first kappa shape index (κ1) is 19.2. The Morgan fingerprint density at radius 2 is 1.96 bits per heavy atom.